The number of thioether (sulfide) groups is 1. The molecule has 0 saturated heterocycles. The van der Waals surface area contributed by atoms with Crippen LogP contribution in [0.25, 0.3) is 0 Å². The van der Waals surface area contributed by atoms with Crippen LogP contribution in [0.2, 0.25) is 0 Å². The van der Waals surface area contributed by atoms with E-state index in [0.29, 0.717) is 24.2 Å². The summed E-state index contributed by atoms with van der Waals surface area (Å²) < 4.78 is 7.27. The number of hydrogen-bond acceptors (Lipinski definition) is 5. The summed E-state index contributed by atoms with van der Waals surface area (Å²) in [5.41, 5.74) is -0.358. The Labute approximate surface area is 114 Å². The third-order valence-electron chi connectivity index (χ3n) is 2.70. The Morgan fingerprint density at radius 2 is 2.37 bits per heavy atom. The van der Waals surface area contributed by atoms with Crippen LogP contribution >= 0.6 is 11.8 Å². The molecule has 7 heteroatoms. The van der Waals surface area contributed by atoms with Crippen molar-refractivity contribution in [3.05, 3.63) is 22.6 Å². The predicted octanol–water partition coefficient (Wildman–Crippen LogP) is 0.847. The molecule has 19 heavy (non-hydrogen) atoms. The van der Waals surface area contributed by atoms with Crippen molar-refractivity contribution in [2.75, 3.05) is 19.0 Å². The fraction of sp³-hybridized carbons (Fsp3) is 0.583. The molecule has 0 bridgehead atoms. The van der Waals surface area contributed by atoms with Crippen LogP contribution in [0.4, 0.5) is 0 Å². The molecule has 1 aliphatic carbocycles. The summed E-state index contributed by atoms with van der Waals surface area (Å²) >= 11 is 1.04. The Kier molecular flexibility index (Phi) is 4.98. The maximum Gasteiger partial charge on any atom is 0.313 e. The monoisotopic (exact) mass is 284 g/mol. The summed E-state index contributed by atoms with van der Waals surface area (Å²) in [6.07, 6.45) is 4.12. The van der Waals surface area contributed by atoms with E-state index in [4.69, 9.17) is 9.84 Å². The molecule has 1 N–H and O–H groups in total. The van der Waals surface area contributed by atoms with Gasteiger partial charge in [0.1, 0.15) is 0 Å². The Balaban J connectivity index is 1.88. The van der Waals surface area contributed by atoms with E-state index < -0.39 is 5.97 Å². The van der Waals surface area contributed by atoms with Gasteiger partial charge >= 0.3 is 5.97 Å². The second-order valence-electron chi connectivity index (χ2n) is 4.44. The predicted molar refractivity (Wildman–Crippen MR) is 70.4 cm³/mol. The molecule has 0 aliphatic heterocycles. The van der Waals surface area contributed by atoms with E-state index in [1.807, 2.05) is 0 Å². The minimum absolute atomic E-state index is 0.112. The van der Waals surface area contributed by atoms with Gasteiger partial charge in [0.2, 0.25) is 0 Å². The Hall–Kier alpha value is -1.34. The highest BCUT2D eigenvalue weighted by molar-refractivity contribution is 7.99. The van der Waals surface area contributed by atoms with Gasteiger partial charge in [0.15, 0.2) is 5.16 Å². The van der Waals surface area contributed by atoms with Crippen molar-refractivity contribution >= 4 is 17.7 Å². The maximum atomic E-state index is 11.2. The van der Waals surface area contributed by atoms with Crippen molar-refractivity contribution in [1.29, 1.82) is 0 Å². The molecule has 0 spiro atoms. The number of hydrogen-bond donors (Lipinski definition) is 1. The van der Waals surface area contributed by atoms with Gasteiger partial charge in [-0.25, -0.2) is 0 Å². The Bertz CT molecular complexity index is 499. The van der Waals surface area contributed by atoms with E-state index in [-0.39, 0.29) is 11.3 Å². The molecule has 104 valence electrons. The number of carboxylic acid groups (broad SMARTS) is 1. The molecule has 0 unspecified atom stereocenters. The lowest BCUT2D eigenvalue weighted by Crippen LogP contribution is -2.16. The molecular formula is C12H16N2O4S. The van der Waals surface area contributed by atoms with E-state index in [9.17, 15) is 9.59 Å². The first-order chi connectivity index (χ1) is 9.15. The van der Waals surface area contributed by atoms with Crippen LogP contribution < -0.4 is 5.56 Å². The van der Waals surface area contributed by atoms with Crippen LogP contribution in [-0.4, -0.2) is 39.6 Å². The first-order valence-electron chi connectivity index (χ1n) is 6.15. The van der Waals surface area contributed by atoms with Crippen LogP contribution in [-0.2, 0) is 16.1 Å². The highest BCUT2D eigenvalue weighted by Crippen LogP contribution is 2.28. The number of nitrogens with zero attached hydrogens (tertiary/aromatic N) is 2. The quantitative estimate of drug-likeness (QED) is 0.433. The zero-order valence-corrected chi connectivity index (χ0v) is 11.3. The summed E-state index contributed by atoms with van der Waals surface area (Å²) in [5, 5.41) is 9.08. The fourth-order valence-corrected chi connectivity index (χ4v) is 2.25. The summed E-state index contributed by atoms with van der Waals surface area (Å²) in [7, 11) is 0. The molecule has 1 saturated carbocycles. The largest absolute Gasteiger partial charge is 0.481 e. The lowest BCUT2D eigenvalue weighted by atomic mass is 10.5. The molecule has 2 rings (SSSR count). The highest BCUT2D eigenvalue weighted by Gasteiger charge is 2.20. The van der Waals surface area contributed by atoms with Crippen molar-refractivity contribution in [3.63, 3.8) is 0 Å². The second-order valence-corrected chi connectivity index (χ2v) is 5.38. The van der Waals surface area contributed by atoms with Gasteiger partial charge in [-0.05, 0) is 18.8 Å². The highest BCUT2D eigenvalue weighted by atomic mass is 32.2. The Morgan fingerprint density at radius 1 is 1.58 bits per heavy atom. The van der Waals surface area contributed by atoms with Crippen molar-refractivity contribution < 1.29 is 14.6 Å². The van der Waals surface area contributed by atoms with E-state index in [1.54, 1.807) is 10.8 Å². The van der Waals surface area contributed by atoms with E-state index in [2.05, 4.69) is 4.98 Å². The van der Waals surface area contributed by atoms with E-state index in [1.165, 1.54) is 18.9 Å². The van der Waals surface area contributed by atoms with Crippen molar-refractivity contribution in [2.45, 2.75) is 24.5 Å². The minimum atomic E-state index is -0.931. The molecule has 1 aromatic heterocycles. The van der Waals surface area contributed by atoms with Gasteiger partial charge in [0.05, 0.1) is 12.4 Å². The third-order valence-corrected chi connectivity index (χ3v) is 3.68. The second kappa shape index (κ2) is 6.72. The smallest absolute Gasteiger partial charge is 0.313 e. The van der Waals surface area contributed by atoms with Gasteiger partial charge < -0.3 is 14.4 Å². The zero-order chi connectivity index (χ0) is 13.7. The van der Waals surface area contributed by atoms with Crippen molar-refractivity contribution in [1.82, 2.24) is 9.55 Å². The molecule has 0 amide bonds. The lowest BCUT2D eigenvalue weighted by molar-refractivity contribution is -0.133. The number of ether oxygens (including phenoxy) is 1. The lowest BCUT2D eigenvalue weighted by Gasteiger charge is -2.11. The topological polar surface area (TPSA) is 81.4 Å². The first kappa shape index (κ1) is 14.1. The van der Waals surface area contributed by atoms with Gasteiger partial charge in [-0.3, -0.25) is 9.59 Å². The summed E-state index contributed by atoms with van der Waals surface area (Å²) in [4.78, 5) is 25.6. The summed E-state index contributed by atoms with van der Waals surface area (Å²) in [5.74, 6) is -0.327. The SMILES string of the molecule is O=C(O)CSc1nc(=O)ccn1CCOCC1CC1. The molecule has 1 aromatic rings. The summed E-state index contributed by atoms with van der Waals surface area (Å²) in [6, 6.07) is 1.37. The molecule has 1 fully saturated rings. The molecule has 0 aromatic carbocycles. The average molecular weight is 284 g/mol. The van der Waals surface area contributed by atoms with Crippen LogP contribution in [0.1, 0.15) is 12.8 Å². The van der Waals surface area contributed by atoms with Gasteiger partial charge in [0, 0.05) is 25.4 Å². The van der Waals surface area contributed by atoms with Gasteiger partial charge in [-0.15, -0.1) is 0 Å². The summed E-state index contributed by atoms with van der Waals surface area (Å²) in [6.45, 7) is 1.90. The third kappa shape index (κ3) is 5.04. The number of aliphatic carboxylic acids is 1. The minimum Gasteiger partial charge on any atom is -0.481 e. The molecule has 0 radical (unpaired) electrons. The first-order valence-corrected chi connectivity index (χ1v) is 7.13. The number of carbonyl (C=O) groups is 1. The van der Waals surface area contributed by atoms with Crippen LogP contribution in [0, 0.1) is 5.92 Å². The maximum absolute atomic E-state index is 11.2. The van der Waals surface area contributed by atoms with Gasteiger partial charge in [0.25, 0.3) is 5.56 Å². The zero-order valence-electron chi connectivity index (χ0n) is 10.4. The van der Waals surface area contributed by atoms with E-state index in [0.717, 1.165) is 18.4 Å². The van der Waals surface area contributed by atoms with Crippen LogP contribution in [0.3, 0.4) is 0 Å². The number of carboxylic acids is 1. The van der Waals surface area contributed by atoms with Gasteiger partial charge in [-0.1, -0.05) is 11.8 Å². The number of rotatable bonds is 8. The van der Waals surface area contributed by atoms with Crippen LogP contribution in [0.5, 0.6) is 0 Å². The number of aromatic nitrogens is 2. The normalized spacial score (nSPS) is 14.5. The van der Waals surface area contributed by atoms with E-state index >= 15 is 0 Å². The molecule has 6 nitrogen and oxygen atoms in total. The average Bonchev–Trinajstić information content (AvgIpc) is 3.18. The van der Waals surface area contributed by atoms with Gasteiger partial charge in [-0.2, -0.15) is 4.98 Å². The Morgan fingerprint density at radius 3 is 3.05 bits per heavy atom. The molecule has 1 heterocycles. The molecular weight excluding hydrogens is 268 g/mol. The molecule has 1 aliphatic rings. The molecule has 0 atom stereocenters. The fourth-order valence-electron chi connectivity index (χ4n) is 1.52. The van der Waals surface area contributed by atoms with Crippen molar-refractivity contribution in [2.24, 2.45) is 5.92 Å². The standard InChI is InChI=1S/C12H16N2O4S/c15-10-3-4-14(5-6-18-7-9-1-2-9)12(13-10)19-8-11(16)17/h3-4,9H,1-2,5-8H2,(H,16,17). The van der Waals surface area contributed by atoms with Crippen molar-refractivity contribution in [3.8, 4) is 0 Å². The van der Waals surface area contributed by atoms with Crippen LogP contribution in [0.15, 0.2) is 22.2 Å².